The zero-order chi connectivity index (χ0) is 14.0. The minimum absolute atomic E-state index is 0.397. The van der Waals surface area contributed by atoms with E-state index in [4.69, 9.17) is 5.11 Å². The fraction of sp³-hybridized carbons (Fsp3) is 0.143. The lowest BCUT2D eigenvalue weighted by molar-refractivity contribution is -0.131. The topological polar surface area (TPSA) is 68.5 Å². The van der Waals surface area contributed by atoms with E-state index in [0.717, 1.165) is 22.5 Å². The number of ether oxygens (including phenoxy) is 1. The molecule has 0 saturated carbocycles. The van der Waals surface area contributed by atoms with Gasteiger partial charge >= 0.3 is 11.9 Å². The number of hydrogen-bond donors (Lipinski definition) is 1. The van der Waals surface area contributed by atoms with E-state index in [0.29, 0.717) is 5.56 Å². The van der Waals surface area contributed by atoms with Crippen LogP contribution in [-0.4, -0.2) is 28.7 Å². The molecule has 5 nitrogen and oxygen atoms in total. The van der Waals surface area contributed by atoms with Crippen molar-refractivity contribution in [1.82, 2.24) is 4.57 Å². The summed E-state index contributed by atoms with van der Waals surface area (Å²) < 4.78 is 6.51. The lowest BCUT2D eigenvalue weighted by Crippen LogP contribution is -2.00. The molecule has 5 heteroatoms. The van der Waals surface area contributed by atoms with Crippen molar-refractivity contribution < 1.29 is 19.4 Å². The summed E-state index contributed by atoms with van der Waals surface area (Å²) in [5, 5.41) is 9.53. The molecule has 2 aromatic rings. The monoisotopic (exact) mass is 259 g/mol. The van der Waals surface area contributed by atoms with Gasteiger partial charge in [0.05, 0.1) is 12.7 Å². The number of carbonyl (C=O) groups excluding carboxylic acids is 1. The standard InChI is InChI=1S/C14H13NO4/c1-15-8-10(4-6-13(16)17)11-5-3-9(7-12(11)15)14(18)19-2/h3-8H,1-2H3,(H,16,17)/b6-4-. The van der Waals surface area contributed by atoms with Gasteiger partial charge in [0.2, 0.25) is 0 Å². The molecule has 0 aliphatic rings. The fourth-order valence-electron chi connectivity index (χ4n) is 1.95. The van der Waals surface area contributed by atoms with Gasteiger partial charge in [-0.2, -0.15) is 0 Å². The van der Waals surface area contributed by atoms with Gasteiger partial charge in [-0.3, -0.25) is 0 Å². The molecule has 0 unspecified atom stereocenters. The van der Waals surface area contributed by atoms with E-state index >= 15 is 0 Å². The maximum atomic E-state index is 11.5. The van der Waals surface area contributed by atoms with E-state index in [1.807, 2.05) is 17.8 Å². The molecule has 0 amide bonds. The molecule has 0 fully saturated rings. The Labute approximate surface area is 109 Å². The van der Waals surface area contributed by atoms with Gasteiger partial charge in [0.1, 0.15) is 0 Å². The highest BCUT2D eigenvalue weighted by atomic mass is 16.5. The zero-order valence-electron chi connectivity index (χ0n) is 10.6. The van der Waals surface area contributed by atoms with Crippen LogP contribution in [0.2, 0.25) is 0 Å². The Kier molecular flexibility index (Phi) is 3.37. The highest BCUT2D eigenvalue weighted by molar-refractivity contribution is 5.98. The fourth-order valence-corrected chi connectivity index (χ4v) is 1.95. The Morgan fingerprint density at radius 2 is 2.11 bits per heavy atom. The first-order valence-corrected chi connectivity index (χ1v) is 5.61. The van der Waals surface area contributed by atoms with Gasteiger partial charge in [-0.05, 0) is 18.2 Å². The van der Waals surface area contributed by atoms with Crippen molar-refractivity contribution in [1.29, 1.82) is 0 Å². The Hall–Kier alpha value is -2.56. The van der Waals surface area contributed by atoms with Crippen LogP contribution < -0.4 is 0 Å². The van der Waals surface area contributed by atoms with Gasteiger partial charge in [-0.15, -0.1) is 0 Å². The lowest BCUT2D eigenvalue weighted by Gasteiger charge is -2.01. The van der Waals surface area contributed by atoms with E-state index in [9.17, 15) is 9.59 Å². The van der Waals surface area contributed by atoms with Crippen LogP contribution >= 0.6 is 0 Å². The maximum Gasteiger partial charge on any atom is 0.337 e. The first kappa shape index (κ1) is 12.9. The number of nitrogens with zero attached hydrogens (tertiary/aromatic N) is 1. The van der Waals surface area contributed by atoms with E-state index in [-0.39, 0.29) is 0 Å². The minimum Gasteiger partial charge on any atom is -0.478 e. The van der Waals surface area contributed by atoms with Crippen LogP contribution in [0.4, 0.5) is 0 Å². The minimum atomic E-state index is -0.997. The number of aromatic nitrogens is 1. The van der Waals surface area contributed by atoms with Gasteiger partial charge in [0.25, 0.3) is 0 Å². The van der Waals surface area contributed by atoms with Crippen LogP contribution in [0.3, 0.4) is 0 Å². The lowest BCUT2D eigenvalue weighted by atomic mass is 10.1. The number of hydrogen-bond acceptors (Lipinski definition) is 3. The van der Waals surface area contributed by atoms with Crippen molar-refractivity contribution in [2.24, 2.45) is 7.05 Å². The second-order valence-electron chi connectivity index (χ2n) is 4.09. The molecular formula is C14H13NO4. The van der Waals surface area contributed by atoms with E-state index < -0.39 is 11.9 Å². The second-order valence-corrected chi connectivity index (χ2v) is 4.09. The molecule has 1 N–H and O–H groups in total. The molecule has 98 valence electrons. The first-order chi connectivity index (χ1) is 9.02. The Balaban J connectivity index is 2.54. The predicted octanol–water partition coefficient (Wildman–Crippen LogP) is 2.06. The van der Waals surface area contributed by atoms with E-state index in [2.05, 4.69) is 4.74 Å². The molecule has 2 rings (SSSR count). The van der Waals surface area contributed by atoms with Gasteiger partial charge in [0, 0.05) is 35.8 Å². The third kappa shape index (κ3) is 2.49. The largest absolute Gasteiger partial charge is 0.478 e. The quantitative estimate of drug-likeness (QED) is 0.676. The SMILES string of the molecule is COC(=O)c1ccc2c(/C=C\C(=O)O)cn(C)c2c1. The van der Waals surface area contributed by atoms with Crippen LogP contribution in [0, 0.1) is 0 Å². The summed E-state index contributed by atoms with van der Waals surface area (Å²) in [5.74, 6) is -1.39. The van der Waals surface area contributed by atoms with Crippen molar-refractivity contribution >= 4 is 28.9 Å². The number of benzene rings is 1. The molecule has 0 bridgehead atoms. The van der Waals surface area contributed by atoms with Crippen LogP contribution in [-0.2, 0) is 16.6 Å². The molecule has 1 aromatic carbocycles. The van der Waals surface area contributed by atoms with Crippen molar-refractivity contribution in [2.45, 2.75) is 0 Å². The first-order valence-electron chi connectivity index (χ1n) is 5.61. The number of methoxy groups -OCH3 is 1. The summed E-state index contributed by atoms with van der Waals surface area (Å²) in [7, 11) is 3.17. The molecule has 19 heavy (non-hydrogen) atoms. The maximum absolute atomic E-state index is 11.5. The summed E-state index contributed by atoms with van der Waals surface area (Å²) >= 11 is 0. The van der Waals surface area contributed by atoms with Crippen LogP contribution in [0.1, 0.15) is 15.9 Å². The van der Waals surface area contributed by atoms with E-state index in [1.54, 1.807) is 18.2 Å². The molecule has 1 heterocycles. The average Bonchev–Trinajstić information content (AvgIpc) is 2.72. The summed E-state index contributed by atoms with van der Waals surface area (Å²) in [6, 6.07) is 5.16. The Morgan fingerprint density at radius 1 is 1.37 bits per heavy atom. The third-order valence-electron chi connectivity index (χ3n) is 2.85. The predicted molar refractivity (Wildman–Crippen MR) is 70.9 cm³/mol. The molecule has 1 aromatic heterocycles. The average molecular weight is 259 g/mol. The van der Waals surface area contributed by atoms with E-state index in [1.165, 1.54) is 13.2 Å². The van der Waals surface area contributed by atoms with Gasteiger partial charge in [-0.1, -0.05) is 6.07 Å². The molecule has 0 aliphatic heterocycles. The molecule has 0 atom stereocenters. The summed E-state index contributed by atoms with van der Waals surface area (Å²) in [6.45, 7) is 0. The highest BCUT2D eigenvalue weighted by Crippen LogP contribution is 2.23. The smallest absolute Gasteiger partial charge is 0.337 e. The number of rotatable bonds is 3. The highest BCUT2D eigenvalue weighted by Gasteiger charge is 2.10. The Morgan fingerprint density at radius 3 is 2.74 bits per heavy atom. The molecule has 0 radical (unpaired) electrons. The summed E-state index contributed by atoms with van der Waals surface area (Å²) in [4.78, 5) is 22.0. The third-order valence-corrected chi connectivity index (χ3v) is 2.85. The molecule has 0 spiro atoms. The van der Waals surface area contributed by atoms with Crippen molar-refractivity contribution in [2.75, 3.05) is 7.11 Å². The molecular weight excluding hydrogens is 246 g/mol. The molecule has 0 aliphatic carbocycles. The summed E-state index contributed by atoms with van der Waals surface area (Å²) in [6.07, 6.45) is 4.43. The molecule has 0 saturated heterocycles. The number of carboxylic acids is 1. The summed E-state index contributed by atoms with van der Waals surface area (Å²) in [5.41, 5.74) is 2.09. The zero-order valence-corrected chi connectivity index (χ0v) is 10.6. The van der Waals surface area contributed by atoms with Crippen LogP contribution in [0.25, 0.3) is 17.0 Å². The number of carbonyl (C=O) groups is 2. The number of carboxylic acid groups (broad SMARTS) is 1. The number of aryl methyl sites for hydroxylation is 1. The van der Waals surface area contributed by atoms with Gasteiger partial charge < -0.3 is 14.4 Å². The van der Waals surface area contributed by atoms with Crippen LogP contribution in [0.5, 0.6) is 0 Å². The van der Waals surface area contributed by atoms with Crippen molar-refractivity contribution in [3.05, 3.63) is 41.6 Å². The van der Waals surface area contributed by atoms with Crippen molar-refractivity contribution in [3.63, 3.8) is 0 Å². The van der Waals surface area contributed by atoms with Gasteiger partial charge in [-0.25, -0.2) is 9.59 Å². The number of aliphatic carboxylic acids is 1. The normalized spacial score (nSPS) is 11.1. The van der Waals surface area contributed by atoms with Crippen LogP contribution in [0.15, 0.2) is 30.5 Å². The van der Waals surface area contributed by atoms with Crippen molar-refractivity contribution in [3.8, 4) is 0 Å². The van der Waals surface area contributed by atoms with Gasteiger partial charge in [0.15, 0.2) is 0 Å². The second kappa shape index (κ2) is 4.97. The number of fused-ring (bicyclic) bond motifs is 1. The number of esters is 1. The Bertz CT molecular complexity index is 682.